The number of fused-ring (bicyclic) bond motifs is 2. The first-order valence-corrected chi connectivity index (χ1v) is 11.8. The monoisotopic (exact) mass is 482 g/mol. The normalized spacial score (nSPS) is 12.0. The van der Waals surface area contributed by atoms with E-state index < -0.39 is 0 Å². The fourth-order valence-corrected chi connectivity index (χ4v) is 4.81. The maximum Gasteiger partial charge on any atom is 0.257 e. The summed E-state index contributed by atoms with van der Waals surface area (Å²) in [5.41, 5.74) is 1.77. The zero-order valence-corrected chi connectivity index (χ0v) is 19.0. The van der Waals surface area contributed by atoms with E-state index >= 15 is 0 Å². The van der Waals surface area contributed by atoms with Gasteiger partial charge in [-0.25, -0.2) is 9.97 Å². The van der Waals surface area contributed by atoms with E-state index in [1.54, 1.807) is 23.6 Å². The molecular weight excluding hydrogens is 464 g/mol. The Labute approximate surface area is 196 Å². The molecule has 168 valence electrons. The average Bonchev–Trinajstić information content (AvgIpc) is 3.52. The van der Waals surface area contributed by atoms with Crippen LogP contribution < -0.4 is 24.8 Å². The number of amides is 2. The van der Waals surface area contributed by atoms with Gasteiger partial charge < -0.3 is 19.5 Å². The summed E-state index contributed by atoms with van der Waals surface area (Å²) < 4.78 is 17.0. The minimum absolute atomic E-state index is 0.0660. The molecule has 5 rings (SSSR count). The van der Waals surface area contributed by atoms with Gasteiger partial charge in [-0.15, -0.1) is 11.3 Å². The molecule has 0 bridgehead atoms. The molecule has 2 aromatic heterocycles. The van der Waals surface area contributed by atoms with Crippen molar-refractivity contribution in [2.24, 2.45) is 0 Å². The van der Waals surface area contributed by atoms with Gasteiger partial charge in [0, 0.05) is 10.9 Å². The SMILES string of the molecule is CCOc1ccc2nc(NC(=O)Cc3csc(NC(=O)c4ccc5c(c4)OCO5)n3)sc2c1. The van der Waals surface area contributed by atoms with Crippen LogP contribution in [0.1, 0.15) is 23.0 Å². The summed E-state index contributed by atoms with van der Waals surface area (Å²) >= 11 is 2.63. The molecule has 2 N–H and O–H groups in total. The molecule has 1 aliphatic rings. The highest BCUT2D eigenvalue weighted by molar-refractivity contribution is 7.22. The Morgan fingerprint density at radius 2 is 1.94 bits per heavy atom. The molecule has 0 atom stereocenters. The lowest BCUT2D eigenvalue weighted by Gasteiger charge is -2.03. The largest absolute Gasteiger partial charge is 0.494 e. The number of nitrogens with one attached hydrogen (secondary N) is 2. The van der Waals surface area contributed by atoms with Crippen LogP contribution in [0.5, 0.6) is 17.2 Å². The number of carbonyl (C=O) groups excluding carboxylic acids is 2. The molecule has 3 heterocycles. The second kappa shape index (κ2) is 9.04. The van der Waals surface area contributed by atoms with Crippen LogP contribution in [0.25, 0.3) is 10.2 Å². The van der Waals surface area contributed by atoms with Crippen LogP contribution in [0.3, 0.4) is 0 Å². The van der Waals surface area contributed by atoms with Crippen LogP contribution in [-0.4, -0.2) is 35.2 Å². The van der Waals surface area contributed by atoms with Gasteiger partial charge in [-0.3, -0.25) is 14.9 Å². The number of hydrogen-bond donors (Lipinski definition) is 2. The first-order chi connectivity index (χ1) is 16.1. The number of hydrogen-bond acceptors (Lipinski definition) is 9. The first kappa shape index (κ1) is 21.2. The second-order valence-electron chi connectivity index (χ2n) is 6.97. The van der Waals surface area contributed by atoms with E-state index in [9.17, 15) is 9.59 Å². The Bertz CT molecular complexity index is 1350. The van der Waals surface area contributed by atoms with Crippen molar-refractivity contribution < 1.29 is 23.8 Å². The quantitative estimate of drug-likeness (QED) is 0.404. The fourth-order valence-electron chi connectivity index (χ4n) is 3.20. The van der Waals surface area contributed by atoms with Gasteiger partial charge >= 0.3 is 0 Å². The Hall–Kier alpha value is -3.70. The third kappa shape index (κ3) is 4.73. The Balaban J connectivity index is 1.19. The Morgan fingerprint density at radius 1 is 1.06 bits per heavy atom. The predicted molar refractivity (Wildman–Crippen MR) is 126 cm³/mol. The zero-order valence-electron chi connectivity index (χ0n) is 17.4. The molecule has 0 unspecified atom stereocenters. The van der Waals surface area contributed by atoms with Crippen LogP contribution in [0.4, 0.5) is 10.3 Å². The van der Waals surface area contributed by atoms with Crippen molar-refractivity contribution in [2.45, 2.75) is 13.3 Å². The maximum absolute atomic E-state index is 12.5. The smallest absolute Gasteiger partial charge is 0.257 e. The van der Waals surface area contributed by atoms with E-state index in [0.717, 1.165) is 16.0 Å². The number of benzene rings is 2. The Morgan fingerprint density at radius 3 is 2.82 bits per heavy atom. The molecule has 9 nitrogen and oxygen atoms in total. The van der Waals surface area contributed by atoms with Gasteiger partial charge in [-0.2, -0.15) is 0 Å². The third-order valence-corrected chi connectivity index (χ3v) is 6.41. The van der Waals surface area contributed by atoms with Crippen LogP contribution in [0.2, 0.25) is 0 Å². The van der Waals surface area contributed by atoms with Crippen LogP contribution >= 0.6 is 22.7 Å². The molecule has 0 spiro atoms. The van der Waals surface area contributed by atoms with E-state index in [2.05, 4.69) is 20.6 Å². The molecular formula is C22H18N4O5S2. The van der Waals surface area contributed by atoms with Gasteiger partial charge in [0.25, 0.3) is 5.91 Å². The van der Waals surface area contributed by atoms with E-state index in [4.69, 9.17) is 14.2 Å². The topological polar surface area (TPSA) is 112 Å². The molecule has 0 radical (unpaired) electrons. The van der Waals surface area contributed by atoms with Crippen LogP contribution in [-0.2, 0) is 11.2 Å². The highest BCUT2D eigenvalue weighted by Gasteiger charge is 2.17. The number of thiazole rings is 2. The number of rotatable bonds is 7. The van der Waals surface area contributed by atoms with Crippen molar-refractivity contribution in [2.75, 3.05) is 24.0 Å². The predicted octanol–water partition coefficient (Wildman–Crippen LogP) is 4.31. The van der Waals surface area contributed by atoms with Gasteiger partial charge in [0.15, 0.2) is 21.8 Å². The van der Waals surface area contributed by atoms with Crippen molar-refractivity contribution in [1.82, 2.24) is 9.97 Å². The molecule has 0 fully saturated rings. The minimum atomic E-state index is -0.320. The van der Waals surface area contributed by atoms with Gasteiger partial charge in [0.2, 0.25) is 12.7 Å². The summed E-state index contributed by atoms with van der Waals surface area (Å²) in [6.07, 6.45) is 0.0660. The highest BCUT2D eigenvalue weighted by atomic mass is 32.1. The van der Waals surface area contributed by atoms with E-state index in [1.807, 2.05) is 25.1 Å². The maximum atomic E-state index is 12.5. The molecule has 2 amide bonds. The van der Waals surface area contributed by atoms with Crippen molar-refractivity contribution >= 4 is 55.0 Å². The second-order valence-corrected chi connectivity index (χ2v) is 8.86. The van der Waals surface area contributed by atoms with Crippen LogP contribution in [0.15, 0.2) is 41.8 Å². The van der Waals surface area contributed by atoms with Crippen molar-refractivity contribution in [3.8, 4) is 17.2 Å². The summed E-state index contributed by atoms with van der Waals surface area (Å²) in [5, 5.41) is 8.21. The third-order valence-electron chi connectivity index (χ3n) is 4.67. The molecule has 4 aromatic rings. The molecule has 0 aliphatic carbocycles. The molecule has 1 aliphatic heterocycles. The van der Waals surface area contributed by atoms with Gasteiger partial charge in [0.05, 0.1) is 28.9 Å². The molecule has 33 heavy (non-hydrogen) atoms. The summed E-state index contributed by atoms with van der Waals surface area (Å²) in [7, 11) is 0. The van der Waals surface area contributed by atoms with Crippen LogP contribution in [0, 0.1) is 0 Å². The molecule has 11 heteroatoms. The minimum Gasteiger partial charge on any atom is -0.494 e. The lowest BCUT2D eigenvalue weighted by atomic mass is 10.2. The van der Waals surface area contributed by atoms with Crippen molar-refractivity contribution in [1.29, 1.82) is 0 Å². The summed E-state index contributed by atoms with van der Waals surface area (Å²) in [4.78, 5) is 33.7. The lowest BCUT2D eigenvalue weighted by Crippen LogP contribution is -2.15. The number of aromatic nitrogens is 2. The van der Waals surface area contributed by atoms with E-state index in [0.29, 0.717) is 39.6 Å². The number of ether oxygens (including phenoxy) is 3. The lowest BCUT2D eigenvalue weighted by molar-refractivity contribution is -0.115. The van der Waals surface area contributed by atoms with Crippen molar-refractivity contribution in [3.05, 3.63) is 53.0 Å². The number of carbonyl (C=O) groups is 2. The van der Waals surface area contributed by atoms with Gasteiger partial charge in [0.1, 0.15) is 5.75 Å². The zero-order chi connectivity index (χ0) is 22.8. The number of anilines is 2. The van der Waals surface area contributed by atoms with E-state index in [-0.39, 0.29) is 25.0 Å². The van der Waals surface area contributed by atoms with Gasteiger partial charge in [-0.05, 0) is 43.3 Å². The standard InChI is InChI=1S/C22H18N4O5S2/c1-2-29-14-4-5-15-18(9-14)33-22(24-15)25-19(27)8-13-10-32-21(23-13)26-20(28)12-3-6-16-17(7-12)31-11-30-16/h3-7,9-10H,2,8,11H2,1H3,(H,23,26,28)(H,24,25,27). The average molecular weight is 483 g/mol. The summed E-state index contributed by atoms with van der Waals surface area (Å²) in [6.45, 7) is 2.65. The van der Waals surface area contributed by atoms with E-state index in [1.165, 1.54) is 22.7 Å². The first-order valence-electron chi connectivity index (χ1n) is 10.1. The van der Waals surface area contributed by atoms with Gasteiger partial charge in [-0.1, -0.05) is 11.3 Å². The summed E-state index contributed by atoms with van der Waals surface area (Å²) in [6, 6.07) is 10.6. The molecule has 2 aromatic carbocycles. The fraction of sp³-hybridized carbons (Fsp3) is 0.182. The Kier molecular flexibility index (Phi) is 5.80. The van der Waals surface area contributed by atoms with Crippen molar-refractivity contribution in [3.63, 3.8) is 0 Å². The molecule has 0 saturated carbocycles. The highest BCUT2D eigenvalue weighted by Crippen LogP contribution is 2.33. The molecule has 0 saturated heterocycles. The number of nitrogens with zero attached hydrogens (tertiary/aromatic N) is 2. The summed E-state index contributed by atoms with van der Waals surface area (Å²) in [5.74, 6) is 1.35.